The minimum atomic E-state index is -2.59. The number of carbonyl (C=O) groups is 16. The van der Waals surface area contributed by atoms with Crippen molar-refractivity contribution in [2.75, 3.05) is 46.9 Å². The molecule has 0 bridgehead atoms. The molecule has 23 N–H and O–H groups in total. The van der Waals surface area contributed by atoms with Crippen molar-refractivity contribution < 1.29 is 102 Å². The summed E-state index contributed by atoms with van der Waals surface area (Å²) in [5, 5.41) is 66.0. The largest absolute Gasteiger partial charge is 0.481 e. The first-order chi connectivity index (χ1) is 52.4. The Morgan fingerprint density at radius 2 is 1.08 bits per heavy atom. The van der Waals surface area contributed by atoms with Crippen LogP contribution in [0.1, 0.15) is 130 Å². The number of cyclic esters (lactones) is 1. The molecule has 1 fully saturated rings. The molecule has 13 atom stereocenters. The molecule has 0 spiro atoms. The van der Waals surface area contributed by atoms with Crippen LogP contribution in [0.4, 0.5) is 0 Å². The highest BCUT2D eigenvalue weighted by Gasteiger charge is 2.42. The van der Waals surface area contributed by atoms with Gasteiger partial charge in [-0.25, -0.2) is 4.79 Å². The SMILES string of the molecule is CC(C)CCCC1CC(=O)N[C@@H](CO)C(=O)NC(C(O)C(N)=O)C(=O)N[C@@H](CO)C(=O)NCC(=O)N(C)[C@H](Cc2ccccc2)C(=O)NC(CC(C)C)C(=O)N[C@H](CCCN)C(=O)N[C@@H](CCC(=O)O)C(=O)NC(CC(N)=O)C(=O)NC(Cc2c[nH]c3ccccc23)C(=O)N[C@H](CCCN)C(=O)N(C)[C@@H](C(C)C)C(=O)O1. The van der Waals surface area contributed by atoms with Gasteiger partial charge in [-0.1, -0.05) is 96.5 Å². The number of primary amides is 2. The molecule has 1 aromatic heterocycles. The van der Waals surface area contributed by atoms with Crippen molar-refractivity contribution in [1.29, 1.82) is 0 Å². The molecule has 0 radical (unpaired) electrons. The van der Waals surface area contributed by atoms with E-state index in [2.05, 4.69) is 47.5 Å². The maximum Gasteiger partial charge on any atom is 0.329 e. The quantitative estimate of drug-likeness (QED) is 0.0335. The fourth-order valence-corrected chi connectivity index (χ4v) is 12.3. The topological polar surface area (TPSA) is 610 Å². The van der Waals surface area contributed by atoms with Crippen LogP contribution < -0.4 is 76.1 Å². The maximum atomic E-state index is 15.1. The molecular formula is C73H111N17O21. The number of aliphatic hydroxyl groups is 3. The third-order valence-corrected chi connectivity index (χ3v) is 18.4. The molecule has 111 heavy (non-hydrogen) atoms. The van der Waals surface area contributed by atoms with Crippen molar-refractivity contribution in [3.8, 4) is 0 Å². The number of aliphatic hydroxyl groups excluding tert-OH is 3. The van der Waals surface area contributed by atoms with Gasteiger partial charge in [0.2, 0.25) is 82.7 Å². The van der Waals surface area contributed by atoms with Gasteiger partial charge in [-0.2, -0.15) is 0 Å². The van der Waals surface area contributed by atoms with E-state index in [1.807, 2.05) is 24.5 Å². The minimum Gasteiger partial charge on any atom is -0.481 e. The highest BCUT2D eigenvalue weighted by atomic mass is 16.5. The summed E-state index contributed by atoms with van der Waals surface area (Å²) in [4.78, 5) is 230. The van der Waals surface area contributed by atoms with Crippen LogP contribution in [-0.2, 0) is 94.3 Å². The first kappa shape index (κ1) is 92.7. The Hall–Kier alpha value is -10.7. The summed E-state index contributed by atoms with van der Waals surface area (Å²) in [6, 6.07) is -4.44. The van der Waals surface area contributed by atoms with E-state index in [-0.39, 0.29) is 76.3 Å². The monoisotopic (exact) mass is 1560 g/mol. The molecule has 2 heterocycles. The molecule has 2 aromatic carbocycles. The minimum absolute atomic E-state index is 0.0136. The van der Waals surface area contributed by atoms with Crippen LogP contribution in [0, 0.1) is 17.8 Å². The average Bonchev–Trinajstić information content (AvgIpc) is 1.77. The third-order valence-electron chi connectivity index (χ3n) is 18.4. The standard InChI is InChI=1S/C73H111N17O21/c1-38(2)17-14-20-43-32-56(94)80-53(37-92)69(106)88-59(61(98)62(77)99)71(108)87-52(36-91)63(100)79-35-57(95)89(7)54(30-41-18-10-9-11-19-41)70(107)86-49(29-39(3)4)66(103)81-46(23-15-27-74)64(101)82-47(25-26-58(96)97)65(102)85-51(33-55(76)93)68(105)84-50(31-42-34-78-45-22-13-12-21-44(42)45)67(104)83-48(24-16-28-75)72(109)90(8)60(40(5)6)73(110)111-43/h9-13,18-19,21-22,34,38-40,43,46-54,59-61,78,91-92,98H,14-17,20,23-33,35-37,74-75H2,1-8H3,(H2,76,93)(H2,77,99)(H,79,100)(H,80,94)(H,81,103)(H,82,101)(H,83,104)(H,84,105)(H,85,102)(H,86,107)(H,87,108)(H,88,106)(H,96,97)/t43?,46-,47+,48-,49?,50?,51?,52+,53+,54-,59?,60+,61?/m1/s1. The van der Waals surface area contributed by atoms with E-state index >= 15 is 4.79 Å². The van der Waals surface area contributed by atoms with Crippen molar-refractivity contribution in [3.63, 3.8) is 0 Å². The van der Waals surface area contributed by atoms with Crippen molar-refractivity contribution in [2.45, 2.75) is 210 Å². The zero-order valence-electron chi connectivity index (χ0n) is 63.9. The molecule has 38 heteroatoms. The van der Waals surface area contributed by atoms with Crippen molar-refractivity contribution in [1.82, 2.24) is 68.0 Å². The molecule has 0 aliphatic carbocycles. The van der Waals surface area contributed by atoms with E-state index in [0.717, 1.165) is 9.80 Å². The third kappa shape index (κ3) is 29.9. The second kappa shape index (κ2) is 46.1. The second-order valence-corrected chi connectivity index (χ2v) is 28.6. The van der Waals surface area contributed by atoms with Crippen LogP contribution in [-0.4, -0.2) is 255 Å². The number of carbonyl (C=O) groups excluding carboxylic acids is 15. The summed E-state index contributed by atoms with van der Waals surface area (Å²) in [5.74, 6) is -19.9. The van der Waals surface area contributed by atoms with Crippen LogP contribution in [0.5, 0.6) is 0 Å². The number of hydrogen-bond acceptors (Lipinski definition) is 22. The van der Waals surface area contributed by atoms with Crippen LogP contribution >= 0.6 is 0 Å². The number of benzene rings is 2. The smallest absolute Gasteiger partial charge is 0.329 e. The summed E-state index contributed by atoms with van der Waals surface area (Å²) in [7, 11) is 2.44. The molecule has 0 saturated carbocycles. The van der Waals surface area contributed by atoms with Gasteiger partial charge >= 0.3 is 11.9 Å². The fourth-order valence-electron chi connectivity index (χ4n) is 12.3. The average molecular weight is 1560 g/mol. The number of esters is 1. The summed E-state index contributed by atoms with van der Waals surface area (Å²) >= 11 is 0. The number of H-pyrrole nitrogens is 1. The van der Waals surface area contributed by atoms with Crippen molar-refractivity contribution >= 4 is 106 Å². The Labute approximate surface area is 642 Å². The summed E-state index contributed by atoms with van der Waals surface area (Å²) in [6.45, 7) is 6.91. The van der Waals surface area contributed by atoms with Gasteiger partial charge < -0.3 is 116 Å². The zero-order chi connectivity index (χ0) is 82.9. The molecule has 1 saturated heterocycles. The number of carboxylic acid groups (broad SMARTS) is 1. The number of likely N-dealkylation sites (N-methyl/N-ethyl adjacent to an activating group) is 2. The number of fused-ring (bicyclic) bond motifs is 1. The number of aliphatic carboxylic acids is 1. The zero-order valence-corrected chi connectivity index (χ0v) is 63.9. The summed E-state index contributed by atoms with van der Waals surface area (Å²) < 4.78 is 6.01. The molecule has 38 nitrogen and oxygen atoms in total. The van der Waals surface area contributed by atoms with Gasteiger partial charge in [0.05, 0.1) is 32.6 Å². The number of aromatic amines is 1. The van der Waals surface area contributed by atoms with E-state index in [1.54, 1.807) is 88.5 Å². The Morgan fingerprint density at radius 1 is 0.559 bits per heavy atom. The molecule has 4 rings (SSSR count). The highest BCUT2D eigenvalue weighted by molar-refractivity contribution is 6.01. The van der Waals surface area contributed by atoms with Gasteiger partial charge in [-0.05, 0) is 99.4 Å². The summed E-state index contributed by atoms with van der Waals surface area (Å²) in [6.07, 6.45) is -5.48. The lowest BCUT2D eigenvalue weighted by Crippen LogP contribution is -2.63. The van der Waals surface area contributed by atoms with Gasteiger partial charge in [-0.3, -0.25) is 71.9 Å². The lowest BCUT2D eigenvalue weighted by molar-refractivity contribution is -0.162. The number of nitrogens with zero attached hydrogens (tertiary/aromatic N) is 2. The Kier molecular flexibility index (Phi) is 38.5. The van der Waals surface area contributed by atoms with Gasteiger partial charge in [0.25, 0.3) is 0 Å². The van der Waals surface area contributed by atoms with E-state index in [1.165, 1.54) is 14.1 Å². The number of para-hydroxylation sites is 1. The van der Waals surface area contributed by atoms with Crippen molar-refractivity contribution in [3.05, 3.63) is 71.9 Å². The Bertz CT molecular complexity index is 3710. The first-order valence-corrected chi connectivity index (χ1v) is 36.9. The maximum absolute atomic E-state index is 15.1. The Balaban J connectivity index is 1.92. The predicted molar refractivity (Wildman–Crippen MR) is 400 cm³/mol. The lowest BCUT2D eigenvalue weighted by atomic mass is 9.99. The Morgan fingerprint density at radius 3 is 1.66 bits per heavy atom. The lowest BCUT2D eigenvalue weighted by Gasteiger charge is -2.34. The fraction of sp³-hybridized carbons (Fsp3) is 0.589. The predicted octanol–water partition coefficient (Wildman–Crippen LogP) is -5.02. The van der Waals surface area contributed by atoms with Gasteiger partial charge in [0.1, 0.15) is 72.6 Å². The first-order valence-electron chi connectivity index (χ1n) is 36.9. The number of aromatic nitrogens is 1. The number of hydrogen-bond donors (Lipinski definition) is 19. The molecule has 3 aromatic rings. The number of carboxylic acids is 1. The van der Waals surface area contributed by atoms with E-state index in [9.17, 15) is 92.3 Å². The van der Waals surface area contributed by atoms with Crippen LogP contribution in [0.3, 0.4) is 0 Å². The molecule has 614 valence electrons. The van der Waals surface area contributed by atoms with E-state index in [4.69, 9.17) is 27.7 Å². The summed E-state index contributed by atoms with van der Waals surface area (Å²) in [5.41, 5.74) is 24.4. The highest BCUT2D eigenvalue weighted by Crippen LogP contribution is 2.23. The van der Waals surface area contributed by atoms with Gasteiger partial charge in [0.15, 0.2) is 6.10 Å². The number of amides is 14. The van der Waals surface area contributed by atoms with Gasteiger partial charge in [-0.15, -0.1) is 0 Å². The molecule has 6 unspecified atom stereocenters. The number of nitrogens with two attached hydrogens (primary N) is 4. The number of rotatable bonds is 26. The van der Waals surface area contributed by atoms with Crippen molar-refractivity contribution in [2.24, 2.45) is 40.7 Å². The molecule has 1 aliphatic heterocycles. The normalized spacial score (nSPS) is 24.2. The van der Waals surface area contributed by atoms with Crippen LogP contribution in [0.25, 0.3) is 10.9 Å². The molecule has 14 amide bonds. The van der Waals surface area contributed by atoms with E-state index < -0.39 is 225 Å². The molecule has 1 aliphatic rings. The number of ether oxygens (including phenoxy) is 1. The van der Waals surface area contributed by atoms with Gasteiger partial charge in [0, 0.05) is 50.5 Å². The second-order valence-electron chi connectivity index (χ2n) is 28.6. The van der Waals surface area contributed by atoms with Crippen LogP contribution in [0.2, 0.25) is 0 Å². The number of nitrogens with one attached hydrogen (secondary N) is 11. The van der Waals surface area contributed by atoms with E-state index in [0.29, 0.717) is 34.9 Å². The van der Waals surface area contributed by atoms with Crippen LogP contribution in [0.15, 0.2) is 60.8 Å². The molecular weight excluding hydrogens is 1450 g/mol.